The van der Waals surface area contributed by atoms with Gasteiger partial charge in [-0.05, 0) is 98.8 Å². The van der Waals surface area contributed by atoms with Crippen molar-refractivity contribution in [3.8, 4) is 0 Å². The zero-order valence-electron chi connectivity index (χ0n) is 17.4. The monoisotopic (exact) mass is 433 g/mol. The molecule has 0 aromatic heterocycles. The molecule has 6 rings (SSSR count). The standard InChI is InChI=1S/C25H27N3O2S/c29-22(19-5-2-1-3-6-19)26-20-7-4-8-21(12-20)27-24(31)28-23(30)25-13-16-9-17(14-25)11-18(10-16)15-25/h1-8,12,16-18H,9-11,13-15H2,(H,26,29)(H2,27,28,30,31). The van der Waals surface area contributed by atoms with E-state index in [-0.39, 0.29) is 17.2 Å². The van der Waals surface area contributed by atoms with Crippen molar-refractivity contribution < 1.29 is 9.59 Å². The Kier molecular flexibility index (Phi) is 5.26. The van der Waals surface area contributed by atoms with Gasteiger partial charge in [-0.1, -0.05) is 24.3 Å². The molecule has 2 aromatic rings. The highest BCUT2D eigenvalue weighted by Gasteiger charge is 2.54. The maximum atomic E-state index is 13.2. The van der Waals surface area contributed by atoms with Gasteiger partial charge in [0, 0.05) is 16.9 Å². The van der Waals surface area contributed by atoms with Crippen LogP contribution in [0.4, 0.5) is 11.4 Å². The number of hydrogen-bond acceptors (Lipinski definition) is 3. The van der Waals surface area contributed by atoms with Crippen molar-refractivity contribution in [3.05, 3.63) is 60.2 Å². The first-order valence-electron chi connectivity index (χ1n) is 11.1. The molecule has 4 aliphatic carbocycles. The van der Waals surface area contributed by atoms with Gasteiger partial charge in [0.05, 0.1) is 5.41 Å². The molecule has 0 saturated heterocycles. The van der Waals surface area contributed by atoms with Gasteiger partial charge in [0.15, 0.2) is 5.11 Å². The predicted molar refractivity (Wildman–Crippen MR) is 126 cm³/mol. The van der Waals surface area contributed by atoms with Gasteiger partial charge in [0.25, 0.3) is 5.91 Å². The molecule has 0 heterocycles. The smallest absolute Gasteiger partial charge is 0.255 e. The molecule has 0 unspecified atom stereocenters. The summed E-state index contributed by atoms with van der Waals surface area (Å²) in [5.41, 5.74) is 1.75. The quantitative estimate of drug-likeness (QED) is 0.596. The highest BCUT2D eigenvalue weighted by Crippen LogP contribution is 2.60. The zero-order chi connectivity index (χ0) is 21.4. The second-order valence-corrected chi connectivity index (χ2v) is 9.92. The minimum atomic E-state index is -0.230. The van der Waals surface area contributed by atoms with Crippen molar-refractivity contribution in [2.45, 2.75) is 38.5 Å². The Morgan fingerprint density at radius 3 is 2.00 bits per heavy atom. The molecule has 2 aromatic carbocycles. The number of anilines is 2. The zero-order valence-corrected chi connectivity index (χ0v) is 18.2. The lowest BCUT2D eigenvalue weighted by atomic mass is 9.49. The lowest BCUT2D eigenvalue weighted by Gasteiger charge is -2.55. The molecule has 4 saturated carbocycles. The number of thiocarbonyl (C=S) groups is 1. The van der Waals surface area contributed by atoms with Crippen molar-refractivity contribution in [1.82, 2.24) is 5.32 Å². The second kappa shape index (κ2) is 8.08. The topological polar surface area (TPSA) is 70.2 Å². The minimum absolute atomic E-state index is 0.0811. The van der Waals surface area contributed by atoms with Gasteiger partial charge in [-0.2, -0.15) is 0 Å². The predicted octanol–water partition coefficient (Wildman–Crippen LogP) is 4.97. The molecule has 0 spiro atoms. The fraction of sp³-hybridized carbons (Fsp3) is 0.400. The molecule has 4 fully saturated rings. The molecule has 4 bridgehead atoms. The van der Waals surface area contributed by atoms with Crippen molar-refractivity contribution in [1.29, 1.82) is 0 Å². The van der Waals surface area contributed by atoms with E-state index < -0.39 is 0 Å². The number of carbonyl (C=O) groups is 2. The maximum Gasteiger partial charge on any atom is 0.255 e. The summed E-state index contributed by atoms with van der Waals surface area (Å²) in [7, 11) is 0. The Morgan fingerprint density at radius 1 is 0.806 bits per heavy atom. The van der Waals surface area contributed by atoms with Crippen molar-refractivity contribution in [2.75, 3.05) is 10.6 Å². The molecule has 4 aliphatic rings. The van der Waals surface area contributed by atoms with Crippen molar-refractivity contribution >= 4 is 40.5 Å². The van der Waals surface area contributed by atoms with Crippen LogP contribution in [0.5, 0.6) is 0 Å². The molecule has 160 valence electrons. The fourth-order valence-corrected chi connectivity index (χ4v) is 6.46. The van der Waals surface area contributed by atoms with Crippen LogP contribution in [-0.2, 0) is 4.79 Å². The summed E-state index contributed by atoms with van der Waals surface area (Å²) < 4.78 is 0. The summed E-state index contributed by atoms with van der Waals surface area (Å²) in [6.07, 6.45) is 6.93. The van der Waals surface area contributed by atoms with E-state index in [9.17, 15) is 9.59 Å². The van der Waals surface area contributed by atoms with Gasteiger partial charge in [-0.3, -0.25) is 9.59 Å². The van der Waals surface area contributed by atoms with Gasteiger partial charge in [-0.15, -0.1) is 0 Å². The summed E-state index contributed by atoms with van der Waals surface area (Å²) >= 11 is 5.44. The average molecular weight is 434 g/mol. The van der Waals surface area contributed by atoms with E-state index in [1.54, 1.807) is 12.1 Å². The third-order valence-electron chi connectivity index (χ3n) is 7.16. The van der Waals surface area contributed by atoms with E-state index in [0.717, 1.165) is 24.9 Å². The largest absolute Gasteiger partial charge is 0.332 e. The molecule has 6 heteroatoms. The Balaban J connectivity index is 1.20. The highest BCUT2D eigenvalue weighted by atomic mass is 32.1. The number of rotatable bonds is 4. The van der Waals surface area contributed by atoms with E-state index in [2.05, 4.69) is 16.0 Å². The summed E-state index contributed by atoms with van der Waals surface area (Å²) in [5, 5.41) is 9.28. The average Bonchev–Trinajstić information content (AvgIpc) is 2.73. The summed E-state index contributed by atoms with van der Waals surface area (Å²) in [6, 6.07) is 16.4. The number of amides is 2. The molecule has 0 aliphatic heterocycles. The van der Waals surface area contributed by atoms with Crippen LogP contribution in [0.1, 0.15) is 48.9 Å². The third kappa shape index (κ3) is 4.22. The number of benzene rings is 2. The van der Waals surface area contributed by atoms with Gasteiger partial charge < -0.3 is 16.0 Å². The van der Waals surface area contributed by atoms with Gasteiger partial charge >= 0.3 is 0 Å². The van der Waals surface area contributed by atoms with E-state index in [0.29, 0.717) is 34.1 Å². The van der Waals surface area contributed by atoms with E-state index in [1.165, 1.54) is 19.3 Å². The Hall–Kier alpha value is -2.73. The van der Waals surface area contributed by atoms with Crippen LogP contribution < -0.4 is 16.0 Å². The molecule has 3 N–H and O–H groups in total. The SMILES string of the molecule is O=C(Nc1cccc(NC(=S)NC(=O)C23CC4CC(CC(C4)C2)C3)c1)c1ccccc1. The summed E-state index contributed by atoms with van der Waals surface area (Å²) in [4.78, 5) is 25.6. The van der Waals surface area contributed by atoms with Crippen LogP contribution in [0.25, 0.3) is 0 Å². The van der Waals surface area contributed by atoms with E-state index >= 15 is 0 Å². The van der Waals surface area contributed by atoms with Crippen LogP contribution in [0.3, 0.4) is 0 Å². The Morgan fingerprint density at radius 2 is 1.39 bits per heavy atom. The Labute approximate surface area is 188 Å². The van der Waals surface area contributed by atoms with Crippen molar-refractivity contribution in [2.24, 2.45) is 23.2 Å². The van der Waals surface area contributed by atoms with Crippen LogP contribution in [0, 0.1) is 23.2 Å². The molecular formula is C25H27N3O2S. The highest BCUT2D eigenvalue weighted by molar-refractivity contribution is 7.80. The van der Waals surface area contributed by atoms with E-state index in [1.807, 2.05) is 42.5 Å². The first kappa shape index (κ1) is 20.2. The van der Waals surface area contributed by atoms with Gasteiger partial charge in [-0.25, -0.2) is 0 Å². The van der Waals surface area contributed by atoms with Crippen LogP contribution in [0.2, 0.25) is 0 Å². The van der Waals surface area contributed by atoms with Crippen LogP contribution >= 0.6 is 12.2 Å². The minimum Gasteiger partial charge on any atom is -0.332 e. The number of nitrogens with one attached hydrogen (secondary N) is 3. The first-order valence-corrected chi connectivity index (χ1v) is 11.5. The maximum absolute atomic E-state index is 13.2. The van der Waals surface area contributed by atoms with Crippen LogP contribution in [0.15, 0.2) is 54.6 Å². The molecular weight excluding hydrogens is 406 g/mol. The molecule has 5 nitrogen and oxygen atoms in total. The lowest BCUT2D eigenvalue weighted by molar-refractivity contribution is -0.144. The number of carbonyl (C=O) groups excluding carboxylic acids is 2. The second-order valence-electron chi connectivity index (χ2n) is 9.51. The lowest BCUT2D eigenvalue weighted by Crippen LogP contribution is -2.55. The molecule has 2 amide bonds. The third-order valence-corrected chi connectivity index (χ3v) is 7.37. The molecule has 0 radical (unpaired) electrons. The van der Waals surface area contributed by atoms with E-state index in [4.69, 9.17) is 12.2 Å². The molecule has 0 atom stereocenters. The first-order chi connectivity index (χ1) is 15.0. The normalized spacial score (nSPS) is 28.1. The van der Waals surface area contributed by atoms with Gasteiger partial charge in [0.1, 0.15) is 0 Å². The van der Waals surface area contributed by atoms with Gasteiger partial charge in [0.2, 0.25) is 5.91 Å². The fourth-order valence-electron chi connectivity index (χ4n) is 6.25. The summed E-state index contributed by atoms with van der Waals surface area (Å²) in [6.45, 7) is 0. The number of hydrogen-bond donors (Lipinski definition) is 3. The van der Waals surface area contributed by atoms with Crippen LogP contribution in [-0.4, -0.2) is 16.9 Å². The van der Waals surface area contributed by atoms with Crippen molar-refractivity contribution in [3.63, 3.8) is 0 Å². The molecule has 31 heavy (non-hydrogen) atoms. The summed E-state index contributed by atoms with van der Waals surface area (Å²) in [5.74, 6) is 2.04. The Bertz CT molecular complexity index is 985.